The van der Waals surface area contributed by atoms with E-state index in [4.69, 9.17) is 22.1 Å². The molecule has 2 N–H and O–H groups in total. The molecule has 0 aliphatic rings. The summed E-state index contributed by atoms with van der Waals surface area (Å²) < 4.78 is 5.61. The van der Waals surface area contributed by atoms with Crippen molar-refractivity contribution in [1.29, 1.82) is 0 Å². The Labute approximate surface area is 115 Å². The number of benzene rings is 1. The third-order valence-corrected chi connectivity index (χ3v) is 3.24. The van der Waals surface area contributed by atoms with Gasteiger partial charge in [-0.1, -0.05) is 24.9 Å². The van der Waals surface area contributed by atoms with Crippen LogP contribution in [0.15, 0.2) is 18.2 Å². The van der Waals surface area contributed by atoms with Crippen molar-refractivity contribution in [1.82, 2.24) is 0 Å². The van der Waals surface area contributed by atoms with E-state index in [-0.39, 0.29) is 0 Å². The quantitative estimate of drug-likeness (QED) is 0.768. The predicted octanol–water partition coefficient (Wildman–Crippen LogP) is 4.19. The van der Waals surface area contributed by atoms with Gasteiger partial charge in [0, 0.05) is 11.1 Å². The molecule has 1 atom stereocenters. The molecular formula is C15H24ClNO. The number of ether oxygens (including phenoxy) is 1. The van der Waals surface area contributed by atoms with Crippen LogP contribution in [0.4, 0.5) is 0 Å². The molecule has 0 saturated carbocycles. The maximum atomic E-state index is 6.03. The third-order valence-electron chi connectivity index (χ3n) is 3.00. The first-order valence-electron chi connectivity index (χ1n) is 6.84. The lowest BCUT2D eigenvalue weighted by atomic mass is 10.0. The molecule has 102 valence electrons. The summed E-state index contributed by atoms with van der Waals surface area (Å²) in [4.78, 5) is 0. The Morgan fingerprint density at radius 1 is 1.28 bits per heavy atom. The van der Waals surface area contributed by atoms with Crippen molar-refractivity contribution < 1.29 is 4.74 Å². The van der Waals surface area contributed by atoms with Gasteiger partial charge < -0.3 is 10.5 Å². The molecule has 0 aliphatic heterocycles. The van der Waals surface area contributed by atoms with Gasteiger partial charge in [-0.05, 0) is 56.4 Å². The number of aryl methyl sites for hydroxylation is 1. The van der Waals surface area contributed by atoms with Gasteiger partial charge in [-0.3, -0.25) is 0 Å². The first-order chi connectivity index (χ1) is 8.67. The molecule has 0 bridgehead atoms. The number of halogens is 1. The molecule has 1 rings (SSSR count). The Morgan fingerprint density at radius 3 is 2.72 bits per heavy atom. The van der Waals surface area contributed by atoms with Gasteiger partial charge in [0.2, 0.25) is 0 Å². The molecule has 1 aromatic rings. The Bertz CT molecular complexity index is 354. The van der Waals surface area contributed by atoms with Crippen molar-refractivity contribution in [2.75, 3.05) is 6.61 Å². The Morgan fingerprint density at radius 2 is 2.06 bits per heavy atom. The molecule has 0 fully saturated rings. The van der Waals surface area contributed by atoms with Gasteiger partial charge in [0.25, 0.3) is 0 Å². The molecule has 3 heteroatoms. The van der Waals surface area contributed by atoms with Crippen LogP contribution in [0.2, 0.25) is 5.02 Å². The second kappa shape index (κ2) is 8.39. The zero-order valence-electron chi connectivity index (χ0n) is 11.4. The Kier molecular flexibility index (Phi) is 7.14. The standard InChI is InChI=1S/C15H24ClNO/c1-3-6-14(17)8-5-7-12-11-13(16)9-10-15(12)18-4-2/h9-11,14H,3-8,17H2,1-2H3. The van der Waals surface area contributed by atoms with Crippen molar-refractivity contribution in [3.63, 3.8) is 0 Å². The molecule has 0 amide bonds. The van der Waals surface area contributed by atoms with Gasteiger partial charge in [-0.2, -0.15) is 0 Å². The lowest BCUT2D eigenvalue weighted by Gasteiger charge is -2.13. The summed E-state index contributed by atoms with van der Waals surface area (Å²) in [5, 5.41) is 0.770. The highest BCUT2D eigenvalue weighted by Crippen LogP contribution is 2.24. The predicted molar refractivity (Wildman–Crippen MR) is 78.4 cm³/mol. The van der Waals surface area contributed by atoms with Crippen LogP contribution in [0.1, 0.15) is 45.1 Å². The fourth-order valence-corrected chi connectivity index (χ4v) is 2.30. The lowest BCUT2D eigenvalue weighted by Crippen LogP contribution is -2.19. The zero-order chi connectivity index (χ0) is 13.4. The summed E-state index contributed by atoms with van der Waals surface area (Å²) in [6.07, 6.45) is 5.39. The first-order valence-corrected chi connectivity index (χ1v) is 7.22. The zero-order valence-corrected chi connectivity index (χ0v) is 12.2. The average Bonchev–Trinajstić information content (AvgIpc) is 2.33. The second-order valence-electron chi connectivity index (χ2n) is 4.63. The highest BCUT2D eigenvalue weighted by Gasteiger charge is 2.06. The van der Waals surface area contributed by atoms with Crippen LogP contribution < -0.4 is 10.5 Å². The minimum Gasteiger partial charge on any atom is -0.494 e. The van der Waals surface area contributed by atoms with Crippen molar-refractivity contribution in [2.45, 2.75) is 52.0 Å². The molecule has 0 spiro atoms. The normalized spacial score (nSPS) is 12.4. The molecule has 1 aromatic carbocycles. The number of hydrogen-bond acceptors (Lipinski definition) is 2. The molecule has 0 aromatic heterocycles. The van der Waals surface area contributed by atoms with Gasteiger partial charge in [0.15, 0.2) is 0 Å². The van der Waals surface area contributed by atoms with Gasteiger partial charge in [-0.25, -0.2) is 0 Å². The largest absolute Gasteiger partial charge is 0.494 e. The van der Waals surface area contributed by atoms with E-state index in [1.54, 1.807) is 0 Å². The van der Waals surface area contributed by atoms with E-state index in [2.05, 4.69) is 6.92 Å². The summed E-state index contributed by atoms with van der Waals surface area (Å²) in [5.74, 6) is 0.950. The average molecular weight is 270 g/mol. The van der Waals surface area contributed by atoms with Gasteiger partial charge in [0.05, 0.1) is 6.61 Å². The summed E-state index contributed by atoms with van der Waals surface area (Å²) >= 11 is 6.03. The van der Waals surface area contributed by atoms with E-state index in [9.17, 15) is 0 Å². The number of rotatable bonds is 8. The number of hydrogen-bond donors (Lipinski definition) is 1. The minimum atomic E-state index is 0.324. The maximum Gasteiger partial charge on any atom is 0.122 e. The van der Waals surface area contributed by atoms with Crippen molar-refractivity contribution in [3.05, 3.63) is 28.8 Å². The first kappa shape index (κ1) is 15.3. The molecule has 18 heavy (non-hydrogen) atoms. The molecule has 0 aliphatic carbocycles. The van der Waals surface area contributed by atoms with Crippen molar-refractivity contribution in [2.24, 2.45) is 5.73 Å². The highest BCUT2D eigenvalue weighted by atomic mass is 35.5. The van der Waals surface area contributed by atoms with Crippen LogP contribution >= 0.6 is 11.6 Å². The Hall–Kier alpha value is -0.730. The summed E-state index contributed by atoms with van der Waals surface area (Å²) in [7, 11) is 0. The van der Waals surface area contributed by atoms with Crippen molar-refractivity contribution in [3.8, 4) is 5.75 Å². The molecule has 1 unspecified atom stereocenters. The van der Waals surface area contributed by atoms with Crippen LogP contribution in [0.25, 0.3) is 0 Å². The van der Waals surface area contributed by atoms with Crippen LogP contribution in [-0.2, 0) is 6.42 Å². The van der Waals surface area contributed by atoms with E-state index in [1.807, 2.05) is 25.1 Å². The van der Waals surface area contributed by atoms with Gasteiger partial charge in [-0.15, -0.1) is 0 Å². The highest BCUT2D eigenvalue weighted by molar-refractivity contribution is 6.30. The van der Waals surface area contributed by atoms with E-state index in [1.165, 1.54) is 5.56 Å². The molecule has 0 heterocycles. The Balaban J connectivity index is 2.52. The van der Waals surface area contributed by atoms with Crippen LogP contribution in [0.3, 0.4) is 0 Å². The van der Waals surface area contributed by atoms with E-state index in [0.717, 1.165) is 42.9 Å². The summed E-state index contributed by atoms with van der Waals surface area (Å²) in [6.45, 7) is 4.85. The van der Waals surface area contributed by atoms with Crippen LogP contribution in [0, 0.1) is 0 Å². The fraction of sp³-hybridized carbons (Fsp3) is 0.600. The van der Waals surface area contributed by atoms with Crippen LogP contribution in [-0.4, -0.2) is 12.6 Å². The molecule has 2 nitrogen and oxygen atoms in total. The van der Waals surface area contributed by atoms with E-state index in [0.29, 0.717) is 12.6 Å². The van der Waals surface area contributed by atoms with E-state index < -0.39 is 0 Å². The second-order valence-corrected chi connectivity index (χ2v) is 5.06. The van der Waals surface area contributed by atoms with Crippen LogP contribution in [0.5, 0.6) is 5.75 Å². The smallest absolute Gasteiger partial charge is 0.122 e. The molecular weight excluding hydrogens is 246 g/mol. The summed E-state index contributed by atoms with van der Waals surface area (Å²) in [5.41, 5.74) is 7.21. The lowest BCUT2D eigenvalue weighted by molar-refractivity contribution is 0.336. The van der Waals surface area contributed by atoms with Crippen molar-refractivity contribution >= 4 is 11.6 Å². The van der Waals surface area contributed by atoms with E-state index >= 15 is 0 Å². The SMILES string of the molecule is CCCC(N)CCCc1cc(Cl)ccc1OCC. The topological polar surface area (TPSA) is 35.2 Å². The van der Waals surface area contributed by atoms with Gasteiger partial charge >= 0.3 is 0 Å². The molecule has 0 saturated heterocycles. The summed E-state index contributed by atoms with van der Waals surface area (Å²) in [6, 6.07) is 6.15. The maximum absolute atomic E-state index is 6.03. The molecule has 0 radical (unpaired) electrons. The third kappa shape index (κ3) is 5.28. The number of nitrogens with two attached hydrogens (primary N) is 1. The van der Waals surface area contributed by atoms with Gasteiger partial charge in [0.1, 0.15) is 5.75 Å². The minimum absolute atomic E-state index is 0.324. The fourth-order valence-electron chi connectivity index (χ4n) is 2.11. The monoisotopic (exact) mass is 269 g/mol.